The van der Waals surface area contributed by atoms with Crippen LogP contribution in [0.25, 0.3) is 0 Å². The summed E-state index contributed by atoms with van der Waals surface area (Å²) in [5.41, 5.74) is 1.22. The van der Waals surface area contributed by atoms with Gasteiger partial charge < -0.3 is 4.52 Å². The first-order chi connectivity index (χ1) is 7.81. The minimum Gasteiger partial charge on any atom is -0.350 e. The molecular weight excluding hydrogens is 215 g/mol. The van der Waals surface area contributed by atoms with Crippen LogP contribution in [0.5, 0.6) is 0 Å². The van der Waals surface area contributed by atoms with Gasteiger partial charge in [0.15, 0.2) is 0 Å². The van der Waals surface area contributed by atoms with Crippen LogP contribution < -0.4 is 0 Å². The zero-order chi connectivity index (χ0) is 11.8. The fourth-order valence-electron chi connectivity index (χ4n) is 1.35. The van der Waals surface area contributed by atoms with Crippen LogP contribution in [0.15, 0.2) is 67.8 Å². The summed E-state index contributed by atoms with van der Waals surface area (Å²) in [7, 11) is -0.705. The van der Waals surface area contributed by atoms with Gasteiger partial charge in [-0.25, -0.2) is 0 Å². The zero-order valence-electron chi connectivity index (χ0n) is 9.38. The maximum atomic E-state index is 5.71. The average Bonchev–Trinajstić information content (AvgIpc) is 2.36. The molecule has 0 aromatic heterocycles. The Balaban J connectivity index is 2.59. The molecule has 0 radical (unpaired) electrons. The van der Waals surface area contributed by atoms with E-state index >= 15 is 0 Å². The lowest BCUT2D eigenvalue weighted by Gasteiger charge is -2.15. The van der Waals surface area contributed by atoms with E-state index in [1.807, 2.05) is 24.3 Å². The van der Waals surface area contributed by atoms with Crippen LogP contribution in [0.1, 0.15) is 11.5 Å². The first-order valence-corrected chi connectivity index (χ1v) is 6.55. The Kier molecular flexibility index (Phi) is 5.77. The van der Waals surface area contributed by atoms with Gasteiger partial charge in [-0.3, -0.25) is 0 Å². The average molecular weight is 232 g/mol. The molecule has 1 unspecified atom stereocenters. The van der Waals surface area contributed by atoms with Crippen molar-refractivity contribution in [2.75, 3.05) is 6.61 Å². The Morgan fingerprint density at radius 1 is 1.12 bits per heavy atom. The van der Waals surface area contributed by atoms with E-state index in [0.717, 1.165) is 0 Å². The topological polar surface area (TPSA) is 9.23 Å². The number of hydrogen-bond acceptors (Lipinski definition) is 1. The molecule has 1 rings (SSSR count). The monoisotopic (exact) mass is 232 g/mol. The second-order valence-electron chi connectivity index (χ2n) is 3.27. The quantitative estimate of drug-likeness (QED) is 0.491. The molecule has 16 heavy (non-hydrogen) atoms. The second-order valence-corrected chi connectivity index (χ2v) is 4.98. The normalized spacial score (nSPS) is 12.1. The van der Waals surface area contributed by atoms with E-state index < -0.39 is 8.15 Å². The largest absolute Gasteiger partial charge is 0.350 e. The van der Waals surface area contributed by atoms with E-state index in [2.05, 4.69) is 31.9 Å². The van der Waals surface area contributed by atoms with E-state index in [-0.39, 0.29) is 5.92 Å². The van der Waals surface area contributed by atoms with Crippen molar-refractivity contribution in [3.8, 4) is 0 Å². The summed E-state index contributed by atoms with van der Waals surface area (Å²) in [6.07, 6.45) is 1.91. The summed E-state index contributed by atoms with van der Waals surface area (Å²) >= 11 is 0. The van der Waals surface area contributed by atoms with Gasteiger partial charge in [0.05, 0.1) is 14.8 Å². The lowest BCUT2D eigenvalue weighted by molar-refractivity contribution is 0.346. The highest BCUT2D eigenvalue weighted by atomic mass is 31.1. The van der Waals surface area contributed by atoms with Gasteiger partial charge in [0, 0.05) is 5.92 Å². The summed E-state index contributed by atoms with van der Waals surface area (Å²) in [4.78, 5) is 0. The molecular formula is C14H17OP. The molecule has 84 valence electrons. The standard InChI is InChI=1S/C14H17OP/c1-4-13(12-15-16(5-2)6-3)14-10-8-7-9-11-14/h4-11,13H,1-3,12H2. The highest BCUT2D eigenvalue weighted by molar-refractivity contribution is 7.59. The van der Waals surface area contributed by atoms with Crippen molar-refractivity contribution >= 4 is 8.15 Å². The molecule has 1 nitrogen and oxygen atoms in total. The van der Waals surface area contributed by atoms with Gasteiger partial charge in [0.1, 0.15) is 0 Å². The van der Waals surface area contributed by atoms with Crippen molar-refractivity contribution in [2.45, 2.75) is 5.92 Å². The summed E-state index contributed by atoms with van der Waals surface area (Å²) in [5.74, 6) is 3.83. The van der Waals surface area contributed by atoms with Crippen molar-refractivity contribution in [1.82, 2.24) is 0 Å². The van der Waals surface area contributed by atoms with Crippen LogP contribution in [0, 0.1) is 0 Å². The predicted molar refractivity (Wildman–Crippen MR) is 72.6 cm³/mol. The van der Waals surface area contributed by atoms with Gasteiger partial charge in [-0.1, -0.05) is 49.6 Å². The fourth-order valence-corrected chi connectivity index (χ4v) is 2.04. The highest BCUT2D eigenvalue weighted by Gasteiger charge is 2.08. The highest BCUT2D eigenvalue weighted by Crippen LogP contribution is 2.40. The molecule has 0 spiro atoms. The van der Waals surface area contributed by atoms with Gasteiger partial charge in [-0.15, -0.1) is 6.58 Å². The minimum atomic E-state index is -0.705. The van der Waals surface area contributed by atoms with Crippen LogP contribution in [-0.2, 0) is 4.52 Å². The first-order valence-electron chi connectivity index (χ1n) is 5.15. The summed E-state index contributed by atoms with van der Waals surface area (Å²) < 4.78 is 5.71. The zero-order valence-corrected chi connectivity index (χ0v) is 10.3. The minimum absolute atomic E-state index is 0.228. The van der Waals surface area contributed by atoms with Gasteiger partial charge in [0.25, 0.3) is 0 Å². The molecule has 0 amide bonds. The molecule has 0 bridgehead atoms. The Hall–Kier alpha value is -1.17. The molecule has 0 N–H and O–H groups in total. The molecule has 1 atom stereocenters. The molecule has 0 aliphatic rings. The molecule has 0 saturated heterocycles. The summed E-state index contributed by atoms with van der Waals surface area (Å²) in [6, 6.07) is 10.2. The van der Waals surface area contributed by atoms with E-state index in [9.17, 15) is 0 Å². The lowest BCUT2D eigenvalue weighted by atomic mass is 10.0. The van der Waals surface area contributed by atoms with Crippen LogP contribution in [-0.4, -0.2) is 6.61 Å². The summed E-state index contributed by atoms with van der Waals surface area (Å²) in [6.45, 7) is 11.9. The molecule has 1 aromatic carbocycles. The Morgan fingerprint density at radius 3 is 2.25 bits per heavy atom. The predicted octanol–water partition coefficient (Wildman–Crippen LogP) is 4.66. The fraction of sp³-hybridized carbons (Fsp3) is 0.143. The number of hydrogen-bond donors (Lipinski definition) is 0. The van der Waals surface area contributed by atoms with Crippen molar-refractivity contribution in [1.29, 1.82) is 0 Å². The maximum Gasteiger partial charge on any atom is 0.0757 e. The Labute approximate surface area is 99.0 Å². The van der Waals surface area contributed by atoms with E-state index in [4.69, 9.17) is 4.52 Å². The van der Waals surface area contributed by atoms with Crippen LogP contribution in [0.3, 0.4) is 0 Å². The van der Waals surface area contributed by atoms with E-state index in [1.165, 1.54) is 5.56 Å². The van der Waals surface area contributed by atoms with Gasteiger partial charge in [-0.2, -0.15) is 0 Å². The van der Waals surface area contributed by atoms with Gasteiger partial charge >= 0.3 is 0 Å². The third kappa shape index (κ3) is 3.77. The number of rotatable bonds is 7. The van der Waals surface area contributed by atoms with Gasteiger partial charge in [0.2, 0.25) is 0 Å². The Morgan fingerprint density at radius 2 is 1.75 bits per heavy atom. The third-order valence-corrected chi connectivity index (χ3v) is 3.44. The smallest absolute Gasteiger partial charge is 0.0757 e. The SMILES string of the molecule is C=CC(COP(C=C)C=C)c1ccccc1. The van der Waals surface area contributed by atoms with Crippen molar-refractivity contribution in [2.24, 2.45) is 0 Å². The van der Waals surface area contributed by atoms with Crippen molar-refractivity contribution < 1.29 is 4.52 Å². The maximum absolute atomic E-state index is 5.71. The van der Waals surface area contributed by atoms with Crippen molar-refractivity contribution in [3.05, 3.63) is 73.3 Å². The van der Waals surface area contributed by atoms with Crippen LogP contribution in [0.4, 0.5) is 0 Å². The molecule has 0 saturated carbocycles. The lowest BCUT2D eigenvalue weighted by Crippen LogP contribution is -2.02. The Bertz CT molecular complexity index is 337. The molecule has 0 fully saturated rings. The number of benzene rings is 1. The second kappa shape index (κ2) is 7.16. The molecule has 2 heteroatoms. The van der Waals surface area contributed by atoms with E-state index in [1.54, 1.807) is 11.6 Å². The summed E-state index contributed by atoms with van der Waals surface area (Å²) in [5, 5.41) is 0. The van der Waals surface area contributed by atoms with Crippen LogP contribution >= 0.6 is 8.15 Å². The molecule has 1 aromatic rings. The van der Waals surface area contributed by atoms with Crippen molar-refractivity contribution in [3.63, 3.8) is 0 Å². The third-order valence-electron chi connectivity index (χ3n) is 2.28. The van der Waals surface area contributed by atoms with Crippen LogP contribution in [0.2, 0.25) is 0 Å². The van der Waals surface area contributed by atoms with Gasteiger partial charge in [-0.05, 0) is 17.2 Å². The molecule has 0 heterocycles. The first kappa shape index (κ1) is 12.9. The van der Waals surface area contributed by atoms with E-state index in [0.29, 0.717) is 6.61 Å². The molecule has 0 aliphatic heterocycles. The molecule has 0 aliphatic carbocycles.